The van der Waals surface area contributed by atoms with Gasteiger partial charge in [0.1, 0.15) is 11.7 Å². The maximum atomic E-state index is 11.8. The summed E-state index contributed by atoms with van der Waals surface area (Å²) in [5, 5.41) is 15.6. The van der Waals surface area contributed by atoms with Crippen LogP contribution in [0.4, 0.5) is 0 Å². The van der Waals surface area contributed by atoms with E-state index in [0.29, 0.717) is 16.7 Å². The van der Waals surface area contributed by atoms with Crippen LogP contribution in [0.15, 0.2) is 28.8 Å². The molecule has 0 aliphatic carbocycles. The lowest BCUT2D eigenvalue weighted by molar-refractivity contribution is -0.143. The van der Waals surface area contributed by atoms with Crippen LogP contribution < -0.4 is 11.1 Å². The molecule has 1 aromatic heterocycles. The van der Waals surface area contributed by atoms with Crippen LogP contribution in [0.3, 0.4) is 0 Å². The SMILES string of the molecule is NC(=O)CC(NC(=O)Cc1noc2ccccc12)C(=O)O. The Hall–Kier alpha value is -2.90. The summed E-state index contributed by atoms with van der Waals surface area (Å²) < 4.78 is 5.05. The Morgan fingerprint density at radius 2 is 2.05 bits per heavy atom. The minimum atomic E-state index is -1.35. The summed E-state index contributed by atoms with van der Waals surface area (Å²) in [6, 6.07) is 5.63. The number of carboxylic acid groups (broad SMARTS) is 1. The van der Waals surface area contributed by atoms with E-state index in [-0.39, 0.29) is 6.42 Å². The fourth-order valence-electron chi connectivity index (χ4n) is 1.86. The van der Waals surface area contributed by atoms with Crippen LogP contribution in [0.2, 0.25) is 0 Å². The van der Waals surface area contributed by atoms with Gasteiger partial charge in [-0.15, -0.1) is 0 Å². The molecule has 2 amide bonds. The number of para-hydroxylation sites is 1. The van der Waals surface area contributed by atoms with Crippen molar-refractivity contribution >= 4 is 28.8 Å². The van der Waals surface area contributed by atoms with E-state index in [1.54, 1.807) is 24.3 Å². The lowest BCUT2D eigenvalue weighted by Gasteiger charge is -2.12. The fourth-order valence-corrected chi connectivity index (χ4v) is 1.86. The normalized spacial score (nSPS) is 12.0. The largest absolute Gasteiger partial charge is 0.480 e. The van der Waals surface area contributed by atoms with Crippen molar-refractivity contribution < 1.29 is 24.0 Å². The predicted molar refractivity (Wildman–Crippen MR) is 71.1 cm³/mol. The fraction of sp³-hybridized carbons (Fsp3) is 0.231. The summed E-state index contributed by atoms with van der Waals surface area (Å²) in [6.07, 6.45) is -0.625. The third kappa shape index (κ3) is 3.56. The van der Waals surface area contributed by atoms with Gasteiger partial charge >= 0.3 is 5.97 Å². The summed E-state index contributed by atoms with van der Waals surface area (Å²) in [4.78, 5) is 33.5. The van der Waals surface area contributed by atoms with Crippen LogP contribution in [0.25, 0.3) is 11.0 Å². The molecule has 4 N–H and O–H groups in total. The Balaban J connectivity index is 2.07. The van der Waals surface area contributed by atoms with Crippen LogP contribution in [0.5, 0.6) is 0 Å². The first-order valence-corrected chi connectivity index (χ1v) is 6.11. The number of hydrogen-bond acceptors (Lipinski definition) is 5. The molecule has 0 saturated heterocycles. The number of nitrogens with zero attached hydrogens (tertiary/aromatic N) is 1. The number of amides is 2. The Morgan fingerprint density at radius 3 is 2.71 bits per heavy atom. The number of aliphatic carboxylic acids is 1. The molecule has 0 saturated carbocycles. The Morgan fingerprint density at radius 1 is 1.33 bits per heavy atom. The highest BCUT2D eigenvalue weighted by Crippen LogP contribution is 2.18. The summed E-state index contributed by atoms with van der Waals surface area (Å²) >= 11 is 0. The maximum absolute atomic E-state index is 11.8. The van der Waals surface area contributed by atoms with E-state index in [9.17, 15) is 14.4 Å². The zero-order valence-electron chi connectivity index (χ0n) is 10.9. The van der Waals surface area contributed by atoms with Crippen molar-refractivity contribution in [2.45, 2.75) is 18.9 Å². The Kier molecular flexibility index (Phi) is 4.17. The van der Waals surface area contributed by atoms with Gasteiger partial charge in [0.15, 0.2) is 5.58 Å². The topological polar surface area (TPSA) is 136 Å². The molecule has 8 nitrogen and oxygen atoms in total. The van der Waals surface area contributed by atoms with Crippen molar-refractivity contribution in [1.82, 2.24) is 10.5 Å². The second-order valence-electron chi connectivity index (χ2n) is 4.43. The molecule has 1 unspecified atom stereocenters. The average molecular weight is 291 g/mol. The van der Waals surface area contributed by atoms with Crippen molar-refractivity contribution in [1.29, 1.82) is 0 Å². The lowest BCUT2D eigenvalue weighted by Crippen LogP contribution is -2.43. The smallest absolute Gasteiger partial charge is 0.326 e. The molecule has 110 valence electrons. The van der Waals surface area contributed by atoms with Crippen molar-refractivity contribution in [2.75, 3.05) is 0 Å². The number of nitrogens with one attached hydrogen (secondary N) is 1. The molecule has 2 rings (SSSR count). The van der Waals surface area contributed by atoms with E-state index in [1.165, 1.54) is 0 Å². The first-order valence-electron chi connectivity index (χ1n) is 6.11. The molecule has 0 bridgehead atoms. The number of carboxylic acids is 1. The van der Waals surface area contributed by atoms with Gasteiger partial charge in [0.25, 0.3) is 0 Å². The van der Waals surface area contributed by atoms with Gasteiger partial charge in [0, 0.05) is 5.39 Å². The van der Waals surface area contributed by atoms with Gasteiger partial charge in [0.2, 0.25) is 11.8 Å². The number of rotatable bonds is 6. The second kappa shape index (κ2) is 6.04. The first kappa shape index (κ1) is 14.5. The molecule has 8 heteroatoms. The summed E-state index contributed by atoms with van der Waals surface area (Å²) in [5.41, 5.74) is 5.87. The number of carbonyl (C=O) groups is 3. The Labute approximate surface area is 118 Å². The molecule has 0 aliphatic rings. The predicted octanol–water partition coefficient (Wildman–Crippen LogP) is -0.185. The monoisotopic (exact) mass is 291 g/mol. The molecule has 0 radical (unpaired) electrons. The average Bonchev–Trinajstić information content (AvgIpc) is 2.81. The van der Waals surface area contributed by atoms with Crippen molar-refractivity contribution in [3.63, 3.8) is 0 Å². The van der Waals surface area contributed by atoms with Crippen molar-refractivity contribution in [3.8, 4) is 0 Å². The quantitative estimate of drug-likeness (QED) is 0.675. The molecular formula is C13H13N3O5. The molecule has 1 heterocycles. The molecule has 0 spiro atoms. The number of hydrogen-bond donors (Lipinski definition) is 3. The highest BCUT2D eigenvalue weighted by molar-refractivity contribution is 5.90. The van der Waals surface area contributed by atoms with Gasteiger partial charge in [-0.3, -0.25) is 9.59 Å². The van der Waals surface area contributed by atoms with Crippen LogP contribution in [-0.2, 0) is 20.8 Å². The second-order valence-corrected chi connectivity index (χ2v) is 4.43. The standard InChI is InChI=1S/C13H13N3O5/c14-11(17)5-9(13(19)20)15-12(18)6-8-7-3-1-2-4-10(7)21-16-8/h1-4,9H,5-6H2,(H2,14,17)(H,15,18)(H,19,20). The van der Waals surface area contributed by atoms with E-state index in [4.69, 9.17) is 15.4 Å². The van der Waals surface area contributed by atoms with Gasteiger partial charge in [0.05, 0.1) is 12.8 Å². The molecular weight excluding hydrogens is 278 g/mol. The minimum absolute atomic E-state index is 0.153. The maximum Gasteiger partial charge on any atom is 0.326 e. The van der Waals surface area contributed by atoms with Gasteiger partial charge < -0.3 is 20.7 Å². The molecule has 21 heavy (non-hydrogen) atoms. The molecule has 1 atom stereocenters. The van der Waals surface area contributed by atoms with Crippen LogP contribution in [0.1, 0.15) is 12.1 Å². The van der Waals surface area contributed by atoms with Gasteiger partial charge in [-0.25, -0.2) is 4.79 Å². The van der Waals surface area contributed by atoms with Crippen LogP contribution in [-0.4, -0.2) is 34.1 Å². The van der Waals surface area contributed by atoms with Crippen LogP contribution >= 0.6 is 0 Å². The van der Waals surface area contributed by atoms with E-state index < -0.39 is 30.2 Å². The van der Waals surface area contributed by atoms with E-state index >= 15 is 0 Å². The van der Waals surface area contributed by atoms with E-state index in [2.05, 4.69) is 10.5 Å². The highest BCUT2D eigenvalue weighted by atomic mass is 16.5. The number of primary amides is 1. The summed E-state index contributed by atoms with van der Waals surface area (Å²) in [6.45, 7) is 0. The molecule has 2 aromatic rings. The first-order chi connectivity index (χ1) is 9.97. The number of aromatic nitrogens is 1. The molecule has 0 aliphatic heterocycles. The van der Waals surface area contributed by atoms with Gasteiger partial charge in [-0.2, -0.15) is 0 Å². The Bertz CT molecular complexity index is 694. The summed E-state index contributed by atoms with van der Waals surface area (Å²) in [5.74, 6) is -2.72. The lowest BCUT2D eigenvalue weighted by atomic mass is 10.1. The number of fused-ring (bicyclic) bond motifs is 1. The zero-order chi connectivity index (χ0) is 15.4. The van der Waals surface area contributed by atoms with E-state index in [1.807, 2.05) is 0 Å². The van der Waals surface area contributed by atoms with E-state index in [0.717, 1.165) is 0 Å². The number of nitrogens with two attached hydrogens (primary N) is 1. The minimum Gasteiger partial charge on any atom is -0.480 e. The third-order valence-corrected chi connectivity index (χ3v) is 2.82. The van der Waals surface area contributed by atoms with Crippen LogP contribution in [0, 0.1) is 0 Å². The highest BCUT2D eigenvalue weighted by Gasteiger charge is 2.23. The van der Waals surface area contributed by atoms with Gasteiger partial charge in [-0.05, 0) is 12.1 Å². The molecule has 1 aromatic carbocycles. The molecule has 0 fully saturated rings. The third-order valence-electron chi connectivity index (χ3n) is 2.82. The number of benzene rings is 1. The van der Waals surface area contributed by atoms with Gasteiger partial charge in [-0.1, -0.05) is 17.3 Å². The summed E-state index contributed by atoms with van der Waals surface area (Å²) in [7, 11) is 0. The van der Waals surface area contributed by atoms with Crippen molar-refractivity contribution in [2.24, 2.45) is 5.73 Å². The van der Waals surface area contributed by atoms with Crippen molar-refractivity contribution in [3.05, 3.63) is 30.0 Å². The zero-order valence-corrected chi connectivity index (χ0v) is 10.9. The number of carbonyl (C=O) groups excluding carboxylic acids is 2.